The number of benzene rings is 1. The molecule has 6 nitrogen and oxygen atoms in total. The number of aromatic nitrogens is 1. The molecule has 1 atom stereocenters. The molecule has 2 heterocycles. The number of aryl methyl sites for hydroxylation is 2. The van der Waals surface area contributed by atoms with E-state index in [1.54, 1.807) is 18.3 Å². The third kappa shape index (κ3) is 4.36. The summed E-state index contributed by atoms with van der Waals surface area (Å²) in [6, 6.07) is 9.24. The summed E-state index contributed by atoms with van der Waals surface area (Å²) < 4.78 is 23.0. The minimum atomic E-state index is -3.03. The molecule has 1 aromatic heterocycles. The molecule has 0 saturated carbocycles. The number of carbonyl (C=O) groups is 1. The highest BCUT2D eigenvalue weighted by Crippen LogP contribution is 2.22. The average Bonchev–Trinajstić information content (AvgIpc) is 2.90. The van der Waals surface area contributed by atoms with E-state index in [4.69, 9.17) is 0 Å². The zero-order chi connectivity index (χ0) is 18.0. The second-order valence-electron chi connectivity index (χ2n) is 6.45. The maximum absolute atomic E-state index is 12.3. The SMILES string of the molecule is Cc1ccc(C)c(Nc2ccnc(C(=O)NC3CCS(=O)(=O)C3)c2)c1. The Labute approximate surface area is 147 Å². The Morgan fingerprint density at radius 1 is 1.20 bits per heavy atom. The van der Waals surface area contributed by atoms with Crippen LogP contribution in [0.15, 0.2) is 36.5 Å². The zero-order valence-electron chi connectivity index (χ0n) is 14.2. The minimum Gasteiger partial charge on any atom is -0.355 e. The highest BCUT2D eigenvalue weighted by molar-refractivity contribution is 7.91. The van der Waals surface area contributed by atoms with Gasteiger partial charge >= 0.3 is 0 Å². The molecule has 0 radical (unpaired) electrons. The van der Waals surface area contributed by atoms with Gasteiger partial charge in [-0.15, -0.1) is 0 Å². The number of amides is 1. The molecule has 3 rings (SSSR count). The van der Waals surface area contributed by atoms with Gasteiger partial charge in [-0.2, -0.15) is 0 Å². The smallest absolute Gasteiger partial charge is 0.270 e. The number of rotatable bonds is 4. The largest absolute Gasteiger partial charge is 0.355 e. The highest BCUT2D eigenvalue weighted by Gasteiger charge is 2.29. The number of carbonyl (C=O) groups excluding carboxylic acids is 1. The van der Waals surface area contributed by atoms with Crippen molar-refractivity contribution in [3.63, 3.8) is 0 Å². The fourth-order valence-corrected chi connectivity index (χ4v) is 4.50. The van der Waals surface area contributed by atoms with Crippen molar-refractivity contribution in [2.75, 3.05) is 16.8 Å². The second kappa shape index (κ2) is 6.84. The molecule has 1 unspecified atom stereocenters. The van der Waals surface area contributed by atoms with E-state index >= 15 is 0 Å². The van der Waals surface area contributed by atoms with Gasteiger partial charge in [0.1, 0.15) is 5.69 Å². The van der Waals surface area contributed by atoms with Crippen molar-refractivity contribution in [2.45, 2.75) is 26.3 Å². The van der Waals surface area contributed by atoms with Crippen LogP contribution >= 0.6 is 0 Å². The van der Waals surface area contributed by atoms with Crippen LogP contribution in [-0.4, -0.2) is 36.9 Å². The maximum Gasteiger partial charge on any atom is 0.270 e. The number of nitrogens with one attached hydrogen (secondary N) is 2. The lowest BCUT2D eigenvalue weighted by atomic mass is 10.1. The van der Waals surface area contributed by atoms with E-state index in [2.05, 4.69) is 15.6 Å². The number of hydrogen-bond acceptors (Lipinski definition) is 5. The molecule has 0 spiro atoms. The number of pyridine rings is 1. The summed E-state index contributed by atoms with van der Waals surface area (Å²) >= 11 is 0. The van der Waals surface area contributed by atoms with E-state index in [9.17, 15) is 13.2 Å². The predicted octanol–water partition coefficient (Wildman–Crippen LogP) is 2.36. The Balaban J connectivity index is 1.73. The summed E-state index contributed by atoms with van der Waals surface area (Å²) in [4.78, 5) is 16.4. The molecule has 1 amide bonds. The summed E-state index contributed by atoms with van der Waals surface area (Å²) in [5.74, 6) is -0.231. The van der Waals surface area contributed by atoms with Gasteiger partial charge in [-0.1, -0.05) is 12.1 Å². The van der Waals surface area contributed by atoms with Gasteiger partial charge in [0, 0.05) is 23.6 Å². The lowest BCUT2D eigenvalue weighted by molar-refractivity contribution is 0.0936. The molecule has 1 aliphatic heterocycles. The van der Waals surface area contributed by atoms with Crippen LogP contribution in [0.5, 0.6) is 0 Å². The van der Waals surface area contributed by atoms with Crippen LogP contribution in [0.2, 0.25) is 0 Å². The highest BCUT2D eigenvalue weighted by atomic mass is 32.2. The Kier molecular flexibility index (Phi) is 4.76. The Morgan fingerprint density at radius 2 is 2.00 bits per heavy atom. The van der Waals surface area contributed by atoms with Gasteiger partial charge in [0.05, 0.1) is 11.5 Å². The van der Waals surface area contributed by atoms with E-state index < -0.39 is 9.84 Å². The van der Waals surface area contributed by atoms with Crippen molar-refractivity contribution in [1.82, 2.24) is 10.3 Å². The summed E-state index contributed by atoms with van der Waals surface area (Å²) in [5, 5.41) is 6.05. The predicted molar refractivity (Wildman–Crippen MR) is 98.0 cm³/mol. The quantitative estimate of drug-likeness (QED) is 0.875. The van der Waals surface area contributed by atoms with E-state index in [-0.39, 0.29) is 29.1 Å². The van der Waals surface area contributed by atoms with E-state index in [1.807, 2.05) is 32.0 Å². The summed E-state index contributed by atoms with van der Waals surface area (Å²) in [6.07, 6.45) is 2.02. The molecule has 1 saturated heterocycles. The third-order valence-corrected chi connectivity index (χ3v) is 6.00. The molecule has 2 N–H and O–H groups in total. The Hall–Kier alpha value is -2.41. The third-order valence-electron chi connectivity index (χ3n) is 4.23. The van der Waals surface area contributed by atoms with Crippen molar-refractivity contribution in [1.29, 1.82) is 0 Å². The van der Waals surface area contributed by atoms with Crippen LogP contribution in [0, 0.1) is 13.8 Å². The molecule has 132 valence electrons. The number of sulfone groups is 1. The van der Waals surface area contributed by atoms with Gasteiger partial charge in [-0.25, -0.2) is 8.42 Å². The first-order chi connectivity index (χ1) is 11.8. The minimum absolute atomic E-state index is 0.000826. The van der Waals surface area contributed by atoms with Crippen molar-refractivity contribution < 1.29 is 13.2 Å². The lowest BCUT2D eigenvalue weighted by Gasteiger charge is -2.13. The van der Waals surface area contributed by atoms with Crippen molar-refractivity contribution in [2.24, 2.45) is 0 Å². The number of anilines is 2. The Morgan fingerprint density at radius 3 is 2.72 bits per heavy atom. The monoisotopic (exact) mass is 359 g/mol. The van der Waals surface area contributed by atoms with Crippen LogP contribution in [0.1, 0.15) is 28.0 Å². The Bertz CT molecular complexity index is 910. The topological polar surface area (TPSA) is 88.2 Å². The average molecular weight is 359 g/mol. The van der Waals surface area contributed by atoms with E-state index in [1.165, 1.54) is 0 Å². The molecular weight excluding hydrogens is 338 g/mol. The normalized spacial score (nSPS) is 18.7. The first-order valence-electron chi connectivity index (χ1n) is 8.14. The van der Waals surface area contributed by atoms with Crippen LogP contribution in [0.3, 0.4) is 0 Å². The lowest BCUT2D eigenvalue weighted by Crippen LogP contribution is -2.36. The molecule has 1 aliphatic rings. The van der Waals surface area contributed by atoms with Gasteiger partial charge in [-0.05, 0) is 49.6 Å². The van der Waals surface area contributed by atoms with Crippen molar-refractivity contribution in [3.05, 3.63) is 53.3 Å². The molecule has 0 aliphatic carbocycles. The van der Waals surface area contributed by atoms with Gasteiger partial charge in [-0.3, -0.25) is 9.78 Å². The zero-order valence-corrected chi connectivity index (χ0v) is 15.1. The summed E-state index contributed by atoms with van der Waals surface area (Å²) in [5.41, 5.74) is 4.24. The first kappa shape index (κ1) is 17.4. The molecule has 1 fully saturated rings. The van der Waals surface area contributed by atoms with Gasteiger partial charge in [0.2, 0.25) is 0 Å². The first-order valence-corrected chi connectivity index (χ1v) is 9.96. The van der Waals surface area contributed by atoms with Crippen LogP contribution in [0.25, 0.3) is 0 Å². The summed E-state index contributed by atoms with van der Waals surface area (Å²) in [7, 11) is -3.03. The molecule has 7 heteroatoms. The van der Waals surface area contributed by atoms with Crippen molar-refractivity contribution >= 4 is 27.1 Å². The van der Waals surface area contributed by atoms with Crippen LogP contribution in [0.4, 0.5) is 11.4 Å². The standard InChI is InChI=1S/C18H21N3O3S/c1-12-3-4-13(2)16(9-12)20-14-5-7-19-17(10-14)18(22)21-15-6-8-25(23,24)11-15/h3-5,7,9-10,15H,6,8,11H2,1-2H3,(H,19,20)(H,21,22). The second-order valence-corrected chi connectivity index (χ2v) is 8.68. The van der Waals surface area contributed by atoms with Gasteiger partial charge in [0.25, 0.3) is 5.91 Å². The van der Waals surface area contributed by atoms with Gasteiger partial charge < -0.3 is 10.6 Å². The van der Waals surface area contributed by atoms with Crippen LogP contribution < -0.4 is 10.6 Å². The van der Waals surface area contributed by atoms with Gasteiger partial charge in [0.15, 0.2) is 9.84 Å². The van der Waals surface area contributed by atoms with E-state index in [0.717, 1.165) is 22.5 Å². The van der Waals surface area contributed by atoms with Crippen LogP contribution in [-0.2, 0) is 9.84 Å². The van der Waals surface area contributed by atoms with Crippen molar-refractivity contribution in [3.8, 4) is 0 Å². The molecule has 2 aromatic rings. The molecule has 0 bridgehead atoms. The molecule has 1 aromatic carbocycles. The molecule has 25 heavy (non-hydrogen) atoms. The summed E-state index contributed by atoms with van der Waals surface area (Å²) in [6.45, 7) is 4.03. The van der Waals surface area contributed by atoms with E-state index in [0.29, 0.717) is 6.42 Å². The number of nitrogens with zero attached hydrogens (tertiary/aromatic N) is 1. The maximum atomic E-state index is 12.3. The molecular formula is C18H21N3O3S. The fourth-order valence-electron chi connectivity index (χ4n) is 2.83. The fraction of sp³-hybridized carbons (Fsp3) is 0.333. The number of hydrogen-bond donors (Lipinski definition) is 2.